The molecule has 0 radical (unpaired) electrons. The van der Waals surface area contributed by atoms with Crippen molar-refractivity contribution in [2.24, 2.45) is 0 Å². The highest BCUT2D eigenvalue weighted by Crippen LogP contribution is 2.38. The van der Waals surface area contributed by atoms with Gasteiger partial charge in [-0.15, -0.1) is 0 Å². The first-order valence-corrected chi connectivity index (χ1v) is 5.50. The fraction of sp³-hybridized carbons (Fsp3) is 0.636. The van der Waals surface area contributed by atoms with E-state index in [1.54, 1.807) is 6.20 Å². The highest BCUT2D eigenvalue weighted by atomic mass is 16.7. The number of hydrogen-bond donors (Lipinski definition) is 2. The van der Waals surface area contributed by atoms with Crippen molar-refractivity contribution >= 4 is 13.3 Å². The van der Waals surface area contributed by atoms with Crippen LogP contribution in [0, 0.1) is 16.7 Å². The van der Waals surface area contributed by atoms with E-state index in [0.29, 0.717) is 5.47 Å². The Balaban J connectivity index is 2.78. The van der Waals surface area contributed by atoms with E-state index in [0.717, 1.165) is 0 Å². The fourth-order valence-electron chi connectivity index (χ4n) is 1.37. The lowest BCUT2D eigenvalue weighted by atomic mass is 9.79. The maximum absolute atomic E-state index is 8.42. The molecule has 0 aromatic heterocycles. The van der Waals surface area contributed by atoms with Gasteiger partial charge < -0.3 is 20.0 Å². The highest BCUT2D eigenvalue weighted by Gasteiger charge is 2.52. The number of rotatable bonds is 4. The minimum absolute atomic E-state index is 0.191. The molecule has 1 fully saturated rings. The summed E-state index contributed by atoms with van der Waals surface area (Å²) >= 11 is 0. The first-order chi connectivity index (χ1) is 7.84. The van der Waals surface area contributed by atoms with Crippen molar-refractivity contribution in [3.05, 3.63) is 11.7 Å². The molecule has 1 aliphatic rings. The molecule has 0 atom stereocenters. The number of nitrogens with zero attached hydrogens (tertiary/aromatic N) is 1. The van der Waals surface area contributed by atoms with E-state index in [-0.39, 0.29) is 6.54 Å². The van der Waals surface area contributed by atoms with Gasteiger partial charge in [-0.2, -0.15) is 5.26 Å². The van der Waals surface area contributed by atoms with Crippen molar-refractivity contribution in [2.75, 3.05) is 6.54 Å². The third-order valence-electron chi connectivity index (χ3n) is 3.14. The van der Waals surface area contributed by atoms with Gasteiger partial charge in [0.2, 0.25) is 0 Å². The normalized spacial score (nSPS) is 22.1. The van der Waals surface area contributed by atoms with Crippen LogP contribution in [-0.2, 0) is 9.31 Å². The maximum Gasteiger partial charge on any atom is 0.497 e. The number of nitrogens with one attached hydrogen (secondary N) is 2. The Morgan fingerprint density at radius 1 is 1.35 bits per heavy atom. The number of hydrogen-bond acceptors (Lipinski definition) is 5. The number of nitriles is 1. The monoisotopic (exact) mass is 235 g/mol. The van der Waals surface area contributed by atoms with Gasteiger partial charge in [0, 0.05) is 11.7 Å². The average Bonchev–Trinajstić information content (AvgIpc) is 2.43. The minimum atomic E-state index is -0.566. The van der Waals surface area contributed by atoms with E-state index in [9.17, 15) is 0 Å². The van der Waals surface area contributed by atoms with Crippen molar-refractivity contribution in [1.82, 2.24) is 5.32 Å². The van der Waals surface area contributed by atoms with Gasteiger partial charge in [0.25, 0.3) is 0 Å². The van der Waals surface area contributed by atoms with Crippen LogP contribution in [0.25, 0.3) is 0 Å². The predicted molar refractivity (Wildman–Crippen MR) is 66.6 cm³/mol. The lowest BCUT2D eigenvalue weighted by molar-refractivity contribution is 0.00578. The molecule has 0 spiro atoms. The molecule has 0 aliphatic carbocycles. The molecule has 92 valence electrons. The van der Waals surface area contributed by atoms with Crippen LogP contribution in [0.5, 0.6) is 0 Å². The van der Waals surface area contributed by atoms with Crippen LogP contribution in [-0.4, -0.2) is 31.1 Å². The minimum Gasteiger partial charge on any atom is -0.399 e. The van der Waals surface area contributed by atoms with E-state index < -0.39 is 18.3 Å². The standard InChI is InChI=1S/C11H18BN3O2/c1-10(2)11(3,4)17-12(16-10)9(7-14)8-15-6-5-13/h7-8,14-15H,6H2,1-4H3/b9-8+,14-7?. The third kappa shape index (κ3) is 2.87. The smallest absolute Gasteiger partial charge is 0.399 e. The topological polar surface area (TPSA) is 78.1 Å². The van der Waals surface area contributed by atoms with Crippen LogP contribution in [0.1, 0.15) is 27.7 Å². The van der Waals surface area contributed by atoms with E-state index in [2.05, 4.69) is 5.32 Å². The molecule has 0 amide bonds. The Bertz CT molecular complexity index is 355. The summed E-state index contributed by atoms with van der Waals surface area (Å²) in [4.78, 5) is 0. The Hall–Kier alpha value is -1.32. The van der Waals surface area contributed by atoms with Crippen LogP contribution in [0.4, 0.5) is 0 Å². The zero-order chi connectivity index (χ0) is 13.1. The van der Waals surface area contributed by atoms with Gasteiger partial charge in [0.1, 0.15) is 6.54 Å². The first-order valence-electron chi connectivity index (χ1n) is 5.50. The second-order valence-corrected chi connectivity index (χ2v) is 4.92. The fourth-order valence-corrected chi connectivity index (χ4v) is 1.37. The largest absolute Gasteiger partial charge is 0.497 e. The summed E-state index contributed by atoms with van der Waals surface area (Å²) in [5.41, 5.74) is -0.275. The number of allylic oxidation sites excluding steroid dienone is 1. The third-order valence-corrected chi connectivity index (χ3v) is 3.14. The van der Waals surface area contributed by atoms with Gasteiger partial charge in [0.05, 0.1) is 17.3 Å². The van der Waals surface area contributed by atoms with E-state index >= 15 is 0 Å². The Labute approximate surface area is 102 Å². The van der Waals surface area contributed by atoms with Gasteiger partial charge in [0.15, 0.2) is 0 Å². The SMILES string of the molecule is CC1(C)OB(/C(C=N)=C/NCC#N)OC1(C)C. The van der Waals surface area contributed by atoms with Crippen LogP contribution in [0.3, 0.4) is 0 Å². The van der Waals surface area contributed by atoms with Crippen molar-refractivity contribution in [1.29, 1.82) is 10.7 Å². The van der Waals surface area contributed by atoms with Crippen LogP contribution in [0.2, 0.25) is 0 Å². The van der Waals surface area contributed by atoms with Crippen molar-refractivity contribution in [3.8, 4) is 6.07 Å². The van der Waals surface area contributed by atoms with Gasteiger partial charge in [-0.1, -0.05) is 0 Å². The molecule has 1 aliphatic heterocycles. The van der Waals surface area contributed by atoms with Crippen molar-refractivity contribution in [2.45, 2.75) is 38.9 Å². The summed E-state index contributed by atoms with van der Waals surface area (Å²) in [6, 6.07) is 1.96. The van der Waals surface area contributed by atoms with Crippen LogP contribution in [0.15, 0.2) is 11.7 Å². The Morgan fingerprint density at radius 2 is 1.88 bits per heavy atom. The molecule has 0 unspecified atom stereocenters. The zero-order valence-corrected chi connectivity index (χ0v) is 10.7. The lowest BCUT2D eigenvalue weighted by Gasteiger charge is -2.32. The summed E-state index contributed by atoms with van der Waals surface area (Å²) in [6.45, 7) is 8.01. The molecule has 1 rings (SSSR count). The molecule has 0 bridgehead atoms. The first kappa shape index (κ1) is 13.7. The van der Waals surface area contributed by atoms with Gasteiger partial charge in [-0.25, -0.2) is 0 Å². The molecule has 17 heavy (non-hydrogen) atoms. The molecule has 2 N–H and O–H groups in total. The van der Waals surface area contributed by atoms with E-state index in [4.69, 9.17) is 20.0 Å². The summed E-state index contributed by atoms with van der Waals surface area (Å²) in [7, 11) is -0.566. The highest BCUT2D eigenvalue weighted by molar-refractivity contribution is 6.60. The summed E-state index contributed by atoms with van der Waals surface area (Å²) in [5.74, 6) is 0. The van der Waals surface area contributed by atoms with Crippen molar-refractivity contribution in [3.63, 3.8) is 0 Å². The maximum atomic E-state index is 8.42. The second-order valence-electron chi connectivity index (χ2n) is 4.92. The van der Waals surface area contributed by atoms with Gasteiger partial charge in [-0.3, -0.25) is 0 Å². The molecular weight excluding hydrogens is 217 g/mol. The molecule has 0 aromatic rings. The molecule has 0 aromatic carbocycles. The summed E-state index contributed by atoms with van der Waals surface area (Å²) in [5, 5.41) is 18.5. The molecule has 1 heterocycles. The van der Waals surface area contributed by atoms with Crippen molar-refractivity contribution < 1.29 is 9.31 Å². The Morgan fingerprint density at radius 3 is 2.29 bits per heavy atom. The zero-order valence-electron chi connectivity index (χ0n) is 10.7. The lowest BCUT2D eigenvalue weighted by Crippen LogP contribution is -2.41. The second kappa shape index (κ2) is 4.90. The van der Waals surface area contributed by atoms with E-state index in [1.165, 1.54) is 6.21 Å². The Kier molecular flexibility index (Phi) is 3.96. The van der Waals surface area contributed by atoms with Gasteiger partial charge in [-0.05, 0) is 33.9 Å². The van der Waals surface area contributed by atoms with Gasteiger partial charge >= 0.3 is 7.12 Å². The quantitative estimate of drug-likeness (QED) is 0.333. The summed E-state index contributed by atoms with van der Waals surface area (Å²) in [6.07, 6.45) is 2.75. The molecule has 6 heteroatoms. The predicted octanol–water partition coefficient (Wildman–Crippen LogP) is 1.26. The van der Waals surface area contributed by atoms with Crippen LogP contribution >= 0.6 is 0 Å². The molecular formula is C11H18BN3O2. The molecule has 5 nitrogen and oxygen atoms in total. The molecule has 0 saturated carbocycles. The average molecular weight is 235 g/mol. The molecule has 1 saturated heterocycles. The van der Waals surface area contributed by atoms with E-state index in [1.807, 2.05) is 33.8 Å². The van der Waals surface area contributed by atoms with Crippen LogP contribution < -0.4 is 5.32 Å². The summed E-state index contributed by atoms with van der Waals surface area (Å²) < 4.78 is 11.6.